The summed E-state index contributed by atoms with van der Waals surface area (Å²) < 4.78 is 32.6. The molecule has 0 saturated heterocycles. The third kappa shape index (κ3) is 6.36. The summed E-state index contributed by atoms with van der Waals surface area (Å²) in [4.78, 5) is 23.8. The average Bonchev–Trinajstić information content (AvgIpc) is 2.58. The largest absolute Gasteiger partial charge is 0.491 e. The van der Waals surface area contributed by atoms with Crippen LogP contribution in [0.4, 0.5) is 8.78 Å². The van der Waals surface area contributed by atoms with Crippen LogP contribution in [0.3, 0.4) is 0 Å². The van der Waals surface area contributed by atoms with Gasteiger partial charge in [-0.3, -0.25) is 9.59 Å². The summed E-state index contributed by atoms with van der Waals surface area (Å²) in [6.07, 6.45) is 0.197. The molecular formula is C20H22F2N2O3. The number of amides is 2. The van der Waals surface area contributed by atoms with E-state index in [9.17, 15) is 18.4 Å². The Bertz CT molecular complexity index is 789. The number of rotatable bonds is 8. The zero-order chi connectivity index (χ0) is 19.8. The molecule has 0 unspecified atom stereocenters. The topological polar surface area (TPSA) is 67.4 Å². The van der Waals surface area contributed by atoms with Crippen LogP contribution in [0.15, 0.2) is 42.5 Å². The second kappa shape index (κ2) is 9.66. The first-order chi connectivity index (χ1) is 12.9. The minimum atomic E-state index is -0.931. The second-order valence-corrected chi connectivity index (χ2v) is 6.19. The Morgan fingerprint density at radius 1 is 1.00 bits per heavy atom. The number of benzene rings is 2. The Labute approximate surface area is 156 Å². The molecule has 0 radical (unpaired) electrons. The van der Waals surface area contributed by atoms with Gasteiger partial charge in [0.2, 0.25) is 5.91 Å². The van der Waals surface area contributed by atoms with E-state index in [1.165, 1.54) is 6.07 Å². The van der Waals surface area contributed by atoms with E-state index in [0.717, 1.165) is 17.7 Å². The molecule has 0 bridgehead atoms. The zero-order valence-electron chi connectivity index (χ0n) is 15.2. The van der Waals surface area contributed by atoms with E-state index in [4.69, 9.17) is 4.74 Å². The standard InChI is InChI=1S/C20H22F2N2O3/c1-13(2)27-15-6-3-5-14(11-15)12-18(25)23-9-10-24-20(26)19-16(21)7-4-8-17(19)22/h3-8,11,13H,9-10,12H2,1-2H3,(H,23,25)(H,24,26). The maximum absolute atomic E-state index is 13.5. The average molecular weight is 376 g/mol. The molecular weight excluding hydrogens is 354 g/mol. The van der Waals surface area contributed by atoms with Crippen molar-refractivity contribution >= 4 is 11.8 Å². The van der Waals surface area contributed by atoms with Crippen LogP contribution in [0.25, 0.3) is 0 Å². The van der Waals surface area contributed by atoms with Crippen LogP contribution < -0.4 is 15.4 Å². The van der Waals surface area contributed by atoms with Gasteiger partial charge in [-0.05, 0) is 43.7 Å². The summed E-state index contributed by atoms with van der Waals surface area (Å²) in [6, 6.07) is 10.4. The van der Waals surface area contributed by atoms with Gasteiger partial charge in [-0.25, -0.2) is 8.78 Å². The lowest BCUT2D eigenvalue weighted by molar-refractivity contribution is -0.120. The van der Waals surface area contributed by atoms with E-state index in [1.54, 1.807) is 6.07 Å². The van der Waals surface area contributed by atoms with Gasteiger partial charge in [0, 0.05) is 13.1 Å². The van der Waals surface area contributed by atoms with Crippen molar-refractivity contribution in [2.45, 2.75) is 26.4 Å². The highest BCUT2D eigenvalue weighted by molar-refractivity contribution is 5.94. The summed E-state index contributed by atoms with van der Waals surface area (Å²) in [5, 5.41) is 5.02. The molecule has 2 amide bonds. The Morgan fingerprint density at radius 2 is 1.63 bits per heavy atom. The maximum Gasteiger partial charge on any atom is 0.257 e. The van der Waals surface area contributed by atoms with Crippen molar-refractivity contribution in [3.05, 3.63) is 65.2 Å². The van der Waals surface area contributed by atoms with Crippen molar-refractivity contribution < 1.29 is 23.1 Å². The van der Waals surface area contributed by atoms with Gasteiger partial charge in [0.15, 0.2) is 0 Å². The second-order valence-electron chi connectivity index (χ2n) is 6.19. The number of ether oxygens (including phenoxy) is 1. The molecule has 0 saturated carbocycles. The highest BCUT2D eigenvalue weighted by atomic mass is 19.1. The number of carbonyl (C=O) groups excluding carboxylic acids is 2. The molecule has 0 aliphatic heterocycles. The normalized spacial score (nSPS) is 10.6. The lowest BCUT2D eigenvalue weighted by Crippen LogP contribution is -2.35. The van der Waals surface area contributed by atoms with Crippen molar-refractivity contribution in [1.82, 2.24) is 10.6 Å². The third-order valence-corrected chi connectivity index (χ3v) is 3.56. The highest BCUT2D eigenvalue weighted by Gasteiger charge is 2.16. The van der Waals surface area contributed by atoms with Crippen LogP contribution in [0.1, 0.15) is 29.8 Å². The first-order valence-electron chi connectivity index (χ1n) is 8.61. The minimum absolute atomic E-state index is 0.0389. The van der Waals surface area contributed by atoms with Crippen LogP contribution in [0.2, 0.25) is 0 Å². The summed E-state index contributed by atoms with van der Waals surface area (Å²) >= 11 is 0. The molecule has 0 aromatic heterocycles. The van der Waals surface area contributed by atoms with Crippen LogP contribution in [0, 0.1) is 11.6 Å². The van der Waals surface area contributed by atoms with Crippen LogP contribution >= 0.6 is 0 Å². The van der Waals surface area contributed by atoms with E-state index >= 15 is 0 Å². The molecule has 0 heterocycles. The van der Waals surface area contributed by atoms with Crippen molar-refractivity contribution in [3.8, 4) is 5.75 Å². The van der Waals surface area contributed by atoms with Crippen LogP contribution in [-0.4, -0.2) is 31.0 Å². The smallest absolute Gasteiger partial charge is 0.257 e. The van der Waals surface area contributed by atoms with E-state index in [1.807, 2.05) is 32.0 Å². The summed E-state index contributed by atoms with van der Waals surface area (Å²) in [5.74, 6) is -2.27. The number of hydrogen-bond acceptors (Lipinski definition) is 3. The Hall–Kier alpha value is -2.96. The Morgan fingerprint density at radius 3 is 2.30 bits per heavy atom. The molecule has 0 fully saturated rings. The monoisotopic (exact) mass is 376 g/mol. The number of carbonyl (C=O) groups is 2. The molecule has 2 rings (SSSR count). The van der Waals surface area contributed by atoms with Gasteiger partial charge in [0.05, 0.1) is 12.5 Å². The summed E-state index contributed by atoms with van der Waals surface area (Å²) in [6.45, 7) is 4.03. The van der Waals surface area contributed by atoms with E-state index < -0.39 is 23.1 Å². The summed E-state index contributed by atoms with van der Waals surface area (Å²) in [5.41, 5.74) is 0.161. The first kappa shape index (κ1) is 20.4. The molecule has 2 N–H and O–H groups in total. The lowest BCUT2D eigenvalue weighted by Gasteiger charge is -2.11. The predicted molar refractivity (Wildman–Crippen MR) is 97.6 cm³/mol. The van der Waals surface area contributed by atoms with Gasteiger partial charge in [-0.15, -0.1) is 0 Å². The number of halogens is 2. The number of hydrogen-bond donors (Lipinski definition) is 2. The molecule has 0 aliphatic carbocycles. The van der Waals surface area contributed by atoms with Crippen molar-refractivity contribution in [1.29, 1.82) is 0 Å². The number of nitrogens with one attached hydrogen (secondary N) is 2. The minimum Gasteiger partial charge on any atom is -0.491 e. The van der Waals surface area contributed by atoms with Crippen LogP contribution in [0.5, 0.6) is 5.75 Å². The molecule has 5 nitrogen and oxygen atoms in total. The van der Waals surface area contributed by atoms with Crippen LogP contribution in [-0.2, 0) is 11.2 Å². The quantitative estimate of drug-likeness (QED) is 0.696. The van der Waals surface area contributed by atoms with Gasteiger partial charge in [0.25, 0.3) is 5.91 Å². The molecule has 27 heavy (non-hydrogen) atoms. The van der Waals surface area contributed by atoms with Gasteiger partial charge in [0.1, 0.15) is 22.9 Å². The molecule has 0 aliphatic rings. The molecule has 2 aromatic rings. The SMILES string of the molecule is CC(C)Oc1cccc(CC(=O)NCCNC(=O)c2c(F)cccc2F)c1. The van der Waals surface area contributed by atoms with E-state index in [-0.39, 0.29) is 31.5 Å². The zero-order valence-corrected chi connectivity index (χ0v) is 15.2. The van der Waals surface area contributed by atoms with Gasteiger partial charge in [-0.2, -0.15) is 0 Å². The Balaban J connectivity index is 1.77. The fourth-order valence-electron chi connectivity index (χ4n) is 2.43. The first-order valence-corrected chi connectivity index (χ1v) is 8.61. The van der Waals surface area contributed by atoms with Crippen molar-refractivity contribution in [3.63, 3.8) is 0 Å². The van der Waals surface area contributed by atoms with Gasteiger partial charge in [-0.1, -0.05) is 18.2 Å². The molecule has 0 spiro atoms. The van der Waals surface area contributed by atoms with Gasteiger partial charge < -0.3 is 15.4 Å². The van der Waals surface area contributed by atoms with Gasteiger partial charge >= 0.3 is 0 Å². The Kier molecular flexibility index (Phi) is 7.28. The lowest BCUT2D eigenvalue weighted by atomic mass is 10.1. The third-order valence-electron chi connectivity index (χ3n) is 3.56. The van der Waals surface area contributed by atoms with Crippen molar-refractivity contribution in [2.24, 2.45) is 0 Å². The molecule has 7 heteroatoms. The fraction of sp³-hybridized carbons (Fsp3) is 0.300. The molecule has 2 aromatic carbocycles. The maximum atomic E-state index is 13.5. The molecule has 144 valence electrons. The van der Waals surface area contributed by atoms with Crippen molar-refractivity contribution in [2.75, 3.05) is 13.1 Å². The summed E-state index contributed by atoms with van der Waals surface area (Å²) in [7, 11) is 0. The molecule has 0 atom stereocenters. The fourth-order valence-corrected chi connectivity index (χ4v) is 2.43. The van der Waals surface area contributed by atoms with E-state index in [2.05, 4.69) is 10.6 Å². The predicted octanol–water partition coefficient (Wildman–Crippen LogP) is 2.84. The van der Waals surface area contributed by atoms with E-state index in [0.29, 0.717) is 5.75 Å². The highest BCUT2D eigenvalue weighted by Crippen LogP contribution is 2.15.